The molecule has 3 rings (SSSR count). The highest BCUT2D eigenvalue weighted by atomic mass is 16.2. The van der Waals surface area contributed by atoms with E-state index in [1.165, 1.54) is 19.3 Å². The minimum atomic E-state index is -0.252. The maximum Gasteiger partial charge on any atom is 0.229 e. The molecule has 1 amide bonds. The number of amides is 1. The summed E-state index contributed by atoms with van der Waals surface area (Å²) in [6, 6.07) is 10.4. The average molecular weight is 301 g/mol. The molecular weight excluding hydrogens is 274 g/mol. The molecule has 22 heavy (non-hydrogen) atoms. The Morgan fingerprint density at radius 2 is 1.82 bits per heavy atom. The van der Waals surface area contributed by atoms with Crippen molar-refractivity contribution < 1.29 is 4.79 Å². The Bertz CT molecular complexity index is 490. The third kappa shape index (κ3) is 3.18. The smallest absolute Gasteiger partial charge is 0.229 e. The molecule has 0 heterocycles. The Hall–Kier alpha value is -1.39. The van der Waals surface area contributed by atoms with Gasteiger partial charge in [-0.25, -0.2) is 0 Å². The third-order valence-corrected chi connectivity index (χ3v) is 5.44. The zero-order chi connectivity index (χ0) is 15.5. The highest BCUT2D eigenvalue weighted by molar-refractivity contribution is 5.84. The monoisotopic (exact) mass is 301 g/mol. The van der Waals surface area contributed by atoms with Crippen molar-refractivity contribution in [3.05, 3.63) is 35.9 Å². The van der Waals surface area contributed by atoms with Crippen molar-refractivity contribution in [2.24, 2.45) is 23.3 Å². The van der Waals surface area contributed by atoms with Gasteiger partial charge < -0.3 is 16.8 Å². The van der Waals surface area contributed by atoms with Crippen LogP contribution in [-0.4, -0.2) is 24.5 Å². The average Bonchev–Trinajstić information content (AvgIpc) is 2.50. The van der Waals surface area contributed by atoms with Crippen molar-refractivity contribution in [1.29, 1.82) is 0 Å². The lowest BCUT2D eigenvalue weighted by Gasteiger charge is -2.45. The first-order chi connectivity index (χ1) is 10.7. The van der Waals surface area contributed by atoms with Gasteiger partial charge in [-0.3, -0.25) is 4.79 Å². The lowest BCUT2D eigenvalue weighted by molar-refractivity contribution is -0.124. The molecule has 3 atom stereocenters. The second-order valence-corrected chi connectivity index (χ2v) is 6.92. The van der Waals surface area contributed by atoms with Crippen LogP contribution < -0.4 is 16.8 Å². The van der Waals surface area contributed by atoms with Crippen LogP contribution in [0.4, 0.5) is 0 Å². The SMILES string of the molecule is NCC(C(=O)NC1C2CCCC1CC(N)C2)c1ccccc1. The van der Waals surface area contributed by atoms with E-state index in [9.17, 15) is 4.79 Å². The van der Waals surface area contributed by atoms with Gasteiger partial charge >= 0.3 is 0 Å². The first-order valence-electron chi connectivity index (χ1n) is 8.50. The number of rotatable bonds is 4. The van der Waals surface area contributed by atoms with E-state index < -0.39 is 0 Å². The van der Waals surface area contributed by atoms with E-state index in [1.807, 2.05) is 30.3 Å². The number of carbonyl (C=O) groups is 1. The minimum absolute atomic E-state index is 0.0751. The molecule has 0 radical (unpaired) electrons. The largest absolute Gasteiger partial charge is 0.352 e. The molecule has 3 unspecified atom stereocenters. The Labute approximate surface area is 132 Å². The standard InChI is InChI=1S/C18H27N3O/c19-11-16(12-5-2-1-3-6-12)18(22)21-17-13-7-4-8-14(17)10-15(20)9-13/h1-3,5-6,13-17H,4,7-11,19-20H2,(H,21,22). The van der Waals surface area contributed by atoms with E-state index in [4.69, 9.17) is 11.5 Å². The normalized spacial score (nSPS) is 32.3. The first-order valence-corrected chi connectivity index (χ1v) is 8.50. The summed E-state index contributed by atoms with van der Waals surface area (Å²) >= 11 is 0. The van der Waals surface area contributed by atoms with Gasteiger partial charge in [0.25, 0.3) is 0 Å². The summed E-state index contributed by atoms with van der Waals surface area (Å²) in [6.07, 6.45) is 5.73. The zero-order valence-electron chi connectivity index (χ0n) is 13.1. The summed E-state index contributed by atoms with van der Waals surface area (Å²) in [4.78, 5) is 12.7. The van der Waals surface area contributed by atoms with E-state index in [1.54, 1.807) is 0 Å². The van der Waals surface area contributed by atoms with E-state index in [2.05, 4.69) is 5.32 Å². The molecule has 0 saturated heterocycles. The summed E-state index contributed by atoms with van der Waals surface area (Å²) in [5.74, 6) is 0.907. The second kappa shape index (κ2) is 6.80. The summed E-state index contributed by atoms with van der Waals surface area (Å²) in [6.45, 7) is 0.345. The van der Waals surface area contributed by atoms with Gasteiger partial charge in [-0.1, -0.05) is 36.8 Å². The van der Waals surface area contributed by atoms with Gasteiger partial charge in [-0.05, 0) is 43.1 Å². The topological polar surface area (TPSA) is 81.1 Å². The fraction of sp³-hybridized carbons (Fsp3) is 0.611. The van der Waals surface area contributed by atoms with Gasteiger partial charge in [0, 0.05) is 18.6 Å². The molecule has 1 aromatic carbocycles. The van der Waals surface area contributed by atoms with E-state index in [0.29, 0.717) is 30.5 Å². The van der Waals surface area contributed by atoms with Crippen molar-refractivity contribution in [3.8, 4) is 0 Å². The summed E-state index contributed by atoms with van der Waals surface area (Å²) in [7, 11) is 0. The molecule has 2 saturated carbocycles. The number of hydrogen-bond donors (Lipinski definition) is 3. The van der Waals surface area contributed by atoms with Crippen LogP contribution in [0.3, 0.4) is 0 Å². The van der Waals surface area contributed by atoms with Gasteiger partial charge in [-0.15, -0.1) is 0 Å². The van der Waals surface area contributed by atoms with Crippen LogP contribution >= 0.6 is 0 Å². The molecular formula is C18H27N3O. The molecule has 2 aliphatic carbocycles. The van der Waals surface area contributed by atoms with Crippen LogP contribution in [0.2, 0.25) is 0 Å². The molecule has 2 bridgehead atoms. The molecule has 4 nitrogen and oxygen atoms in total. The van der Waals surface area contributed by atoms with Gasteiger partial charge in [0.05, 0.1) is 5.92 Å². The quantitative estimate of drug-likeness (QED) is 0.792. The fourth-order valence-corrected chi connectivity index (χ4v) is 4.37. The van der Waals surface area contributed by atoms with Crippen molar-refractivity contribution in [2.45, 2.75) is 50.1 Å². The predicted molar refractivity (Wildman–Crippen MR) is 88.2 cm³/mol. The number of hydrogen-bond acceptors (Lipinski definition) is 3. The summed E-state index contributed by atoms with van der Waals surface area (Å²) in [5, 5.41) is 3.32. The molecule has 1 aromatic rings. The van der Waals surface area contributed by atoms with Crippen LogP contribution in [0.15, 0.2) is 30.3 Å². The highest BCUT2D eigenvalue weighted by Crippen LogP contribution is 2.39. The van der Waals surface area contributed by atoms with E-state index >= 15 is 0 Å². The highest BCUT2D eigenvalue weighted by Gasteiger charge is 2.40. The Morgan fingerprint density at radius 1 is 1.18 bits per heavy atom. The maximum atomic E-state index is 12.7. The Balaban J connectivity index is 1.70. The van der Waals surface area contributed by atoms with Crippen LogP contribution in [0.1, 0.15) is 43.6 Å². The first kappa shape index (κ1) is 15.5. The number of nitrogens with two attached hydrogens (primary N) is 2. The summed E-state index contributed by atoms with van der Waals surface area (Å²) < 4.78 is 0. The minimum Gasteiger partial charge on any atom is -0.352 e. The van der Waals surface area contributed by atoms with Crippen molar-refractivity contribution in [1.82, 2.24) is 5.32 Å². The van der Waals surface area contributed by atoms with E-state index in [0.717, 1.165) is 18.4 Å². The molecule has 0 aromatic heterocycles. The van der Waals surface area contributed by atoms with Gasteiger partial charge in [0.2, 0.25) is 5.91 Å². The third-order valence-electron chi connectivity index (χ3n) is 5.44. The zero-order valence-corrected chi connectivity index (χ0v) is 13.1. The molecule has 0 aliphatic heterocycles. The van der Waals surface area contributed by atoms with Crippen LogP contribution in [0, 0.1) is 11.8 Å². The Kier molecular flexibility index (Phi) is 4.79. The fourth-order valence-electron chi connectivity index (χ4n) is 4.37. The molecule has 4 heteroatoms. The Morgan fingerprint density at radius 3 is 2.41 bits per heavy atom. The number of benzene rings is 1. The lowest BCUT2D eigenvalue weighted by Crippen LogP contribution is -2.54. The number of nitrogens with one attached hydrogen (secondary N) is 1. The van der Waals surface area contributed by atoms with E-state index in [-0.39, 0.29) is 11.8 Å². The lowest BCUT2D eigenvalue weighted by atomic mass is 9.67. The predicted octanol–water partition coefficient (Wildman–Crippen LogP) is 1.75. The van der Waals surface area contributed by atoms with Gasteiger partial charge in [0.15, 0.2) is 0 Å². The van der Waals surface area contributed by atoms with Crippen molar-refractivity contribution in [2.75, 3.05) is 6.54 Å². The second-order valence-electron chi connectivity index (χ2n) is 6.92. The molecule has 2 aliphatic rings. The molecule has 5 N–H and O–H groups in total. The number of fused-ring (bicyclic) bond motifs is 2. The van der Waals surface area contributed by atoms with Crippen LogP contribution in [0.5, 0.6) is 0 Å². The molecule has 0 spiro atoms. The van der Waals surface area contributed by atoms with Crippen molar-refractivity contribution in [3.63, 3.8) is 0 Å². The molecule has 120 valence electrons. The van der Waals surface area contributed by atoms with Crippen molar-refractivity contribution >= 4 is 5.91 Å². The number of carbonyl (C=O) groups excluding carboxylic acids is 1. The van der Waals surface area contributed by atoms with Crippen LogP contribution in [-0.2, 0) is 4.79 Å². The van der Waals surface area contributed by atoms with Gasteiger partial charge in [-0.2, -0.15) is 0 Å². The molecule has 2 fully saturated rings. The maximum absolute atomic E-state index is 12.7. The summed E-state index contributed by atoms with van der Waals surface area (Å²) in [5.41, 5.74) is 13.0. The van der Waals surface area contributed by atoms with Crippen LogP contribution in [0.25, 0.3) is 0 Å². The van der Waals surface area contributed by atoms with Gasteiger partial charge in [0.1, 0.15) is 0 Å².